The van der Waals surface area contributed by atoms with Gasteiger partial charge in [0.15, 0.2) is 0 Å². The maximum atomic E-state index is 9.68. The van der Waals surface area contributed by atoms with Crippen LogP contribution in [0.4, 0.5) is 0 Å². The monoisotopic (exact) mass is 421 g/mol. The molecule has 0 spiro atoms. The van der Waals surface area contributed by atoms with Crippen LogP contribution < -0.4 is 21.9 Å². The van der Waals surface area contributed by atoms with Crippen molar-refractivity contribution in [2.75, 3.05) is 13.1 Å². The fraction of sp³-hybridized carbons (Fsp3) is 0.905. The third kappa shape index (κ3) is 18.7. The lowest BCUT2D eigenvalue weighted by Gasteiger charge is -2.27. The minimum atomic E-state index is -1.65. The summed E-state index contributed by atoms with van der Waals surface area (Å²) >= 11 is 0. The first kappa shape index (κ1) is 27.3. The smallest absolute Gasteiger partial charge is 0.309 e. The van der Waals surface area contributed by atoms with Gasteiger partial charge in [-0.25, -0.2) is 0 Å². The van der Waals surface area contributed by atoms with Gasteiger partial charge in [0.25, 0.3) is 0 Å². The second-order valence-corrected chi connectivity index (χ2v) is 7.46. The molecule has 0 saturated heterocycles. The van der Waals surface area contributed by atoms with E-state index in [0.717, 1.165) is 17.9 Å². The average Bonchev–Trinajstić information content (AvgIpc) is 2.53. The van der Waals surface area contributed by atoms with E-state index in [9.17, 15) is 10.2 Å². The molecule has 0 heterocycles. The van der Waals surface area contributed by atoms with Crippen LogP contribution in [0.5, 0.6) is 0 Å². The van der Waals surface area contributed by atoms with Crippen molar-refractivity contribution < 1.29 is 32.1 Å². The number of unbranched alkanes of at least 4 members (excludes halogenated alkanes) is 13. The Morgan fingerprint density at radius 3 is 1.44 bits per heavy atom. The highest BCUT2D eigenvalue weighted by molar-refractivity contribution is 4.63. The van der Waals surface area contributed by atoms with Gasteiger partial charge in [0.05, 0.1) is 13.1 Å². The van der Waals surface area contributed by atoms with Crippen molar-refractivity contribution >= 4 is 0 Å². The molecule has 0 fully saturated rings. The van der Waals surface area contributed by atoms with Gasteiger partial charge in [0.2, 0.25) is 0 Å². The first-order valence-electron chi connectivity index (χ1n) is 10.4. The third-order valence-corrected chi connectivity index (χ3v) is 4.89. The van der Waals surface area contributed by atoms with Gasteiger partial charge in [-0.05, 0) is 18.9 Å². The van der Waals surface area contributed by atoms with E-state index in [0.29, 0.717) is 6.54 Å². The zero-order valence-corrected chi connectivity index (χ0v) is 18.5. The standard InChI is InChI=1S/C21H43NO2.BrH/c1-4-6-7-8-9-10-11-12-13-14-15-16-17-18-20-22(19-5-2)21(3,23)24;/h5,23-24H,2,4,6-20H2,1,3H3;1H. The zero-order chi connectivity index (χ0) is 18.1. The van der Waals surface area contributed by atoms with Crippen molar-refractivity contribution in [2.24, 2.45) is 0 Å². The summed E-state index contributed by atoms with van der Waals surface area (Å²) in [6.07, 6.45) is 20.6. The molecule has 4 heteroatoms. The van der Waals surface area contributed by atoms with Crippen molar-refractivity contribution in [3.8, 4) is 0 Å². The topological polar surface area (TPSA) is 44.9 Å². The Morgan fingerprint density at radius 2 is 1.12 bits per heavy atom. The fourth-order valence-corrected chi connectivity index (χ4v) is 3.24. The summed E-state index contributed by atoms with van der Waals surface area (Å²) in [5.41, 5.74) is 0. The molecular formula is C21H44BrNO2. The molecule has 0 aliphatic carbocycles. The quantitative estimate of drug-likeness (QED) is 0.177. The van der Waals surface area contributed by atoms with E-state index in [4.69, 9.17) is 0 Å². The van der Waals surface area contributed by atoms with E-state index >= 15 is 0 Å². The van der Waals surface area contributed by atoms with Gasteiger partial charge in [0, 0.05) is 6.92 Å². The highest BCUT2D eigenvalue weighted by atomic mass is 79.9. The molecule has 1 unspecified atom stereocenters. The zero-order valence-electron chi connectivity index (χ0n) is 16.9. The molecule has 0 aromatic carbocycles. The van der Waals surface area contributed by atoms with E-state index in [-0.39, 0.29) is 17.0 Å². The molecule has 0 aromatic heterocycles. The Balaban J connectivity index is 0. The molecule has 0 saturated carbocycles. The van der Waals surface area contributed by atoms with Crippen LogP contribution in [0.15, 0.2) is 12.7 Å². The van der Waals surface area contributed by atoms with Crippen LogP contribution in [-0.2, 0) is 0 Å². The molecule has 25 heavy (non-hydrogen) atoms. The summed E-state index contributed by atoms with van der Waals surface area (Å²) in [7, 11) is 0. The molecule has 1 atom stereocenters. The van der Waals surface area contributed by atoms with Crippen LogP contribution in [0.3, 0.4) is 0 Å². The van der Waals surface area contributed by atoms with Crippen molar-refractivity contribution in [1.29, 1.82) is 0 Å². The highest BCUT2D eigenvalue weighted by Crippen LogP contribution is 2.12. The molecule has 0 radical (unpaired) electrons. The van der Waals surface area contributed by atoms with Gasteiger partial charge in [-0.1, -0.05) is 90.6 Å². The van der Waals surface area contributed by atoms with Crippen LogP contribution in [-0.4, -0.2) is 29.2 Å². The predicted molar refractivity (Wildman–Crippen MR) is 104 cm³/mol. The Hall–Kier alpha value is 0.100. The second kappa shape index (κ2) is 18.9. The predicted octanol–water partition coefficient (Wildman–Crippen LogP) is 1.20. The lowest BCUT2D eigenvalue weighted by atomic mass is 10.0. The molecule has 0 rings (SSSR count). The maximum Gasteiger partial charge on any atom is 0.309 e. The number of rotatable bonds is 18. The second-order valence-electron chi connectivity index (χ2n) is 7.46. The number of nitrogens with one attached hydrogen (secondary N) is 1. The summed E-state index contributed by atoms with van der Waals surface area (Å²) in [5.74, 6) is -1.65. The lowest BCUT2D eigenvalue weighted by Crippen LogP contribution is -3.20. The van der Waals surface area contributed by atoms with E-state index in [2.05, 4.69) is 13.5 Å². The number of halogens is 1. The summed E-state index contributed by atoms with van der Waals surface area (Å²) in [5, 5.41) is 19.4. The molecule has 0 aliphatic rings. The summed E-state index contributed by atoms with van der Waals surface area (Å²) in [4.78, 5) is 0.788. The van der Waals surface area contributed by atoms with Crippen molar-refractivity contribution in [1.82, 2.24) is 0 Å². The normalized spacial score (nSPS) is 12.6. The molecule has 152 valence electrons. The molecule has 0 amide bonds. The Bertz CT molecular complexity index is 280. The van der Waals surface area contributed by atoms with Crippen LogP contribution >= 0.6 is 0 Å². The van der Waals surface area contributed by atoms with Crippen LogP contribution in [0, 0.1) is 0 Å². The first-order valence-corrected chi connectivity index (χ1v) is 10.4. The Kier molecular flexibility index (Phi) is 20.6. The third-order valence-electron chi connectivity index (χ3n) is 4.89. The van der Waals surface area contributed by atoms with Crippen LogP contribution in [0.2, 0.25) is 0 Å². The summed E-state index contributed by atoms with van der Waals surface area (Å²) in [6.45, 7) is 8.81. The molecule has 3 nitrogen and oxygen atoms in total. The Morgan fingerprint density at radius 1 is 0.760 bits per heavy atom. The van der Waals surface area contributed by atoms with Crippen LogP contribution in [0.25, 0.3) is 0 Å². The maximum absolute atomic E-state index is 9.68. The molecule has 0 aromatic rings. The minimum Gasteiger partial charge on any atom is -1.00 e. The average molecular weight is 422 g/mol. The number of aliphatic hydroxyl groups is 2. The van der Waals surface area contributed by atoms with Gasteiger partial charge < -0.3 is 27.2 Å². The number of quaternary nitrogens is 1. The van der Waals surface area contributed by atoms with Crippen molar-refractivity contribution in [2.45, 2.75) is 110 Å². The van der Waals surface area contributed by atoms with Crippen molar-refractivity contribution in [3.05, 3.63) is 12.7 Å². The summed E-state index contributed by atoms with van der Waals surface area (Å²) in [6, 6.07) is 0. The molecule has 0 bridgehead atoms. The van der Waals surface area contributed by atoms with E-state index in [1.54, 1.807) is 6.08 Å². The molecular weight excluding hydrogens is 378 g/mol. The lowest BCUT2D eigenvalue weighted by molar-refractivity contribution is -0.999. The van der Waals surface area contributed by atoms with E-state index in [1.165, 1.54) is 90.4 Å². The largest absolute Gasteiger partial charge is 1.00 e. The van der Waals surface area contributed by atoms with E-state index < -0.39 is 5.91 Å². The van der Waals surface area contributed by atoms with E-state index in [1.807, 2.05) is 0 Å². The van der Waals surface area contributed by atoms with Gasteiger partial charge in [0.1, 0.15) is 0 Å². The first-order chi connectivity index (χ1) is 11.5. The minimum absolute atomic E-state index is 0. The highest BCUT2D eigenvalue weighted by Gasteiger charge is 2.28. The van der Waals surface area contributed by atoms with Crippen LogP contribution in [0.1, 0.15) is 104 Å². The Labute approximate surface area is 167 Å². The number of hydrogen-bond donors (Lipinski definition) is 3. The summed E-state index contributed by atoms with van der Waals surface area (Å²) < 4.78 is 0. The SMILES string of the molecule is C=CC[NH+](CCCCCCCCCCCCCCCC)C(C)(O)O.[Br-]. The van der Waals surface area contributed by atoms with Crippen molar-refractivity contribution in [3.63, 3.8) is 0 Å². The molecule has 3 N–H and O–H groups in total. The van der Waals surface area contributed by atoms with Gasteiger partial charge in [-0.15, -0.1) is 0 Å². The van der Waals surface area contributed by atoms with Gasteiger partial charge >= 0.3 is 5.91 Å². The van der Waals surface area contributed by atoms with Gasteiger partial charge in [-0.3, -0.25) is 4.90 Å². The molecule has 0 aliphatic heterocycles. The van der Waals surface area contributed by atoms with Gasteiger partial charge in [-0.2, -0.15) is 0 Å². The fourth-order valence-electron chi connectivity index (χ4n) is 3.24. The number of hydrogen-bond acceptors (Lipinski definition) is 2.